The van der Waals surface area contributed by atoms with E-state index in [1.807, 2.05) is 17.9 Å². The van der Waals surface area contributed by atoms with E-state index in [2.05, 4.69) is 35.5 Å². The summed E-state index contributed by atoms with van der Waals surface area (Å²) in [6.45, 7) is 4.65. The third-order valence-corrected chi connectivity index (χ3v) is 6.17. The number of halogens is 1. The van der Waals surface area contributed by atoms with Crippen molar-refractivity contribution in [2.45, 2.75) is 51.3 Å². The van der Waals surface area contributed by atoms with Crippen LogP contribution in [-0.4, -0.2) is 53.0 Å². The van der Waals surface area contributed by atoms with Crippen LogP contribution >= 0.6 is 24.0 Å². The highest BCUT2D eigenvalue weighted by molar-refractivity contribution is 14.0. The molecule has 0 radical (unpaired) electrons. The van der Waals surface area contributed by atoms with Gasteiger partial charge < -0.3 is 15.0 Å². The Morgan fingerprint density at radius 1 is 1.52 bits per heavy atom. The summed E-state index contributed by atoms with van der Waals surface area (Å²) in [7, 11) is 4.07. The second-order valence-corrected chi connectivity index (χ2v) is 7.63. The van der Waals surface area contributed by atoms with Gasteiger partial charge in [-0.25, -0.2) is 0 Å². The van der Waals surface area contributed by atoms with Gasteiger partial charge in [0.15, 0.2) is 5.96 Å². The number of nitrogens with zero attached hydrogens (tertiary/aromatic N) is 4. The first-order chi connectivity index (χ1) is 11.6. The van der Waals surface area contributed by atoms with Gasteiger partial charge in [-0.3, -0.25) is 9.67 Å². The minimum Gasteiger partial charge on any atom is -0.377 e. The molecule has 7 heteroatoms. The molecule has 0 aromatic carbocycles. The van der Waals surface area contributed by atoms with Gasteiger partial charge in [0.1, 0.15) is 0 Å². The molecule has 1 N–H and O–H groups in total. The Labute approximate surface area is 167 Å². The molecule has 1 spiro atoms. The highest BCUT2D eigenvalue weighted by Gasteiger charge is 2.66. The highest BCUT2D eigenvalue weighted by atomic mass is 127. The quantitative estimate of drug-likeness (QED) is 0.427. The Kier molecular flexibility index (Phi) is 5.63. The van der Waals surface area contributed by atoms with Crippen molar-refractivity contribution in [3.63, 3.8) is 0 Å². The molecule has 0 amide bonds. The number of nitrogens with one attached hydrogen (secondary N) is 1. The maximum absolute atomic E-state index is 6.04. The van der Waals surface area contributed by atoms with Gasteiger partial charge in [-0.1, -0.05) is 6.42 Å². The molecule has 2 heterocycles. The molecule has 3 fully saturated rings. The van der Waals surface area contributed by atoms with Crippen molar-refractivity contribution < 1.29 is 4.74 Å². The molecule has 6 nitrogen and oxygen atoms in total. The number of aliphatic imine (C=N–C) groups is 1. The number of aromatic nitrogens is 2. The van der Waals surface area contributed by atoms with Crippen molar-refractivity contribution in [3.05, 3.63) is 18.0 Å². The summed E-state index contributed by atoms with van der Waals surface area (Å²) in [6.07, 6.45) is 9.63. The predicted octanol–water partition coefficient (Wildman–Crippen LogP) is 2.39. The Morgan fingerprint density at radius 3 is 2.92 bits per heavy atom. The smallest absolute Gasteiger partial charge is 0.194 e. The fourth-order valence-electron chi connectivity index (χ4n) is 4.92. The fraction of sp³-hybridized carbons (Fsp3) is 0.778. The summed E-state index contributed by atoms with van der Waals surface area (Å²) >= 11 is 0. The molecule has 1 aromatic heterocycles. The number of fused-ring (bicyclic) bond motifs is 2. The molecule has 3 aliphatic rings. The first-order valence-corrected chi connectivity index (χ1v) is 9.25. The molecule has 2 aliphatic carbocycles. The van der Waals surface area contributed by atoms with Gasteiger partial charge in [0.25, 0.3) is 0 Å². The van der Waals surface area contributed by atoms with Crippen LogP contribution in [0.1, 0.15) is 38.2 Å². The lowest BCUT2D eigenvalue weighted by Crippen LogP contribution is -2.72. The topological polar surface area (TPSA) is 54.7 Å². The number of ether oxygens (including phenoxy) is 1. The SMILES string of the molecule is CCN=C(NC1C2CCOC2C12CCC2)N(C)Cc1cnn(C)c1.I. The average Bonchev–Trinajstić information content (AvgIpc) is 3.09. The molecular weight excluding hydrogens is 429 g/mol. The Bertz CT molecular complexity index is 627. The monoisotopic (exact) mass is 459 g/mol. The first-order valence-electron chi connectivity index (χ1n) is 9.25. The van der Waals surface area contributed by atoms with E-state index < -0.39 is 0 Å². The normalized spacial score (nSPS) is 29.4. The van der Waals surface area contributed by atoms with Crippen LogP contribution in [0.4, 0.5) is 0 Å². The van der Waals surface area contributed by atoms with Gasteiger partial charge in [-0.15, -0.1) is 24.0 Å². The van der Waals surface area contributed by atoms with E-state index in [4.69, 9.17) is 9.73 Å². The Balaban J connectivity index is 0.00000182. The summed E-state index contributed by atoms with van der Waals surface area (Å²) in [5.41, 5.74) is 1.59. The third kappa shape index (κ3) is 3.18. The zero-order chi connectivity index (χ0) is 16.7. The van der Waals surface area contributed by atoms with Gasteiger partial charge in [-0.2, -0.15) is 5.10 Å². The van der Waals surface area contributed by atoms with Crippen LogP contribution in [0.2, 0.25) is 0 Å². The van der Waals surface area contributed by atoms with Gasteiger partial charge in [-0.05, 0) is 26.2 Å². The van der Waals surface area contributed by atoms with Crippen LogP contribution in [0.3, 0.4) is 0 Å². The molecule has 140 valence electrons. The van der Waals surface area contributed by atoms with Crippen LogP contribution in [0.15, 0.2) is 17.4 Å². The summed E-state index contributed by atoms with van der Waals surface area (Å²) in [5, 5.41) is 8.08. The lowest BCUT2D eigenvalue weighted by atomic mass is 9.46. The van der Waals surface area contributed by atoms with Crippen molar-refractivity contribution in [3.8, 4) is 0 Å². The molecule has 1 aromatic rings. The van der Waals surface area contributed by atoms with E-state index in [0.717, 1.165) is 25.7 Å². The Morgan fingerprint density at radius 2 is 2.32 bits per heavy atom. The van der Waals surface area contributed by atoms with Crippen molar-refractivity contribution >= 4 is 29.9 Å². The highest BCUT2D eigenvalue weighted by Crippen LogP contribution is 2.62. The third-order valence-electron chi connectivity index (χ3n) is 6.17. The minimum absolute atomic E-state index is 0. The molecule has 4 rings (SSSR count). The number of guanidine groups is 1. The van der Waals surface area contributed by atoms with Crippen molar-refractivity contribution in [2.75, 3.05) is 20.2 Å². The lowest BCUT2D eigenvalue weighted by Gasteiger charge is -2.63. The minimum atomic E-state index is 0. The summed E-state index contributed by atoms with van der Waals surface area (Å²) in [6, 6.07) is 0.528. The standard InChI is InChI=1S/C18H29N5O.HI/c1-4-19-17(22(2)11-13-10-20-23(3)12-13)21-15-14-6-9-24-16(14)18(15)7-5-8-18;/h10,12,14-16H,4-9,11H2,1-3H3,(H,19,21);1H. The molecule has 2 saturated carbocycles. The molecule has 1 saturated heterocycles. The lowest BCUT2D eigenvalue weighted by molar-refractivity contribution is -0.171. The second-order valence-electron chi connectivity index (χ2n) is 7.63. The molecule has 1 aliphatic heterocycles. The second kappa shape index (κ2) is 7.42. The number of hydrogen-bond donors (Lipinski definition) is 1. The molecule has 3 unspecified atom stereocenters. The number of rotatable bonds is 4. The summed E-state index contributed by atoms with van der Waals surface area (Å²) in [4.78, 5) is 6.97. The predicted molar refractivity (Wildman–Crippen MR) is 109 cm³/mol. The number of aryl methyl sites for hydroxylation is 1. The van der Waals surface area contributed by atoms with Crippen molar-refractivity contribution in [1.29, 1.82) is 0 Å². The molecular formula is C18H30IN5O. The maximum Gasteiger partial charge on any atom is 0.194 e. The number of hydrogen-bond acceptors (Lipinski definition) is 3. The van der Waals surface area contributed by atoms with E-state index >= 15 is 0 Å². The summed E-state index contributed by atoms with van der Waals surface area (Å²) < 4.78 is 7.89. The Hall–Kier alpha value is -0.830. The maximum atomic E-state index is 6.04. The zero-order valence-corrected chi connectivity index (χ0v) is 17.8. The van der Waals surface area contributed by atoms with Gasteiger partial charge >= 0.3 is 0 Å². The zero-order valence-electron chi connectivity index (χ0n) is 15.4. The van der Waals surface area contributed by atoms with E-state index in [9.17, 15) is 0 Å². The van der Waals surface area contributed by atoms with Gasteiger partial charge in [0.2, 0.25) is 0 Å². The first kappa shape index (κ1) is 18.9. The average molecular weight is 459 g/mol. The van der Waals surface area contributed by atoms with E-state index in [1.165, 1.54) is 31.2 Å². The van der Waals surface area contributed by atoms with Crippen LogP contribution in [0.25, 0.3) is 0 Å². The van der Waals surface area contributed by atoms with E-state index in [-0.39, 0.29) is 24.0 Å². The van der Waals surface area contributed by atoms with Crippen molar-refractivity contribution in [2.24, 2.45) is 23.4 Å². The largest absolute Gasteiger partial charge is 0.377 e. The van der Waals surface area contributed by atoms with Crippen LogP contribution in [0.5, 0.6) is 0 Å². The van der Waals surface area contributed by atoms with E-state index in [1.54, 1.807) is 0 Å². The summed E-state index contributed by atoms with van der Waals surface area (Å²) in [5.74, 6) is 1.68. The van der Waals surface area contributed by atoms with Crippen LogP contribution < -0.4 is 5.32 Å². The molecule has 3 atom stereocenters. The van der Waals surface area contributed by atoms with Gasteiger partial charge in [0, 0.05) is 62.9 Å². The van der Waals surface area contributed by atoms with E-state index in [0.29, 0.717) is 23.5 Å². The fourth-order valence-corrected chi connectivity index (χ4v) is 4.92. The van der Waals surface area contributed by atoms with Crippen LogP contribution in [-0.2, 0) is 18.3 Å². The van der Waals surface area contributed by atoms with Gasteiger partial charge in [0.05, 0.1) is 12.3 Å². The molecule has 25 heavy (non-hydrogen) atoms. The van der Waals surface area contributed by atoms with Crippen LogP contribution in [0, 0.1) is 11.3 Å². The van der Waals surface area contributed by atoms with Crippen molar-refractivity contribution in [1.82, 2.24) is 20.0 Å². The molecule has 0 bridgehead atoms.